The minimum absolute atomic E-state index is 0.385. The molecule has 0 amide bonds. The lowest BCUT2D eigenvalue weighted by atomic mass is 10.2. The molecule has 1 aromatic rings. The summed E-state index contributed by atoms with van der Waals surface area (Å²) in [6.07, 6.45) is 0. The zero-order chi connectivity index (χ0) is 14.0. The topological polar surface area (TPSA) is 63.4 Å². The van der Waals surface area contributed by atoms with Crippen LogP contribution in [-0.2, 0) is 16.6 Å². The van der Waals surface area contributed by atoms with Gasteiger partial charge in [0.25, 0.3) is 0 Å². The summed E-state index contributed by atoms with van der Waals surface area (Å²) in [7, 11) is -3.29. The predicted octanol–water partition coefficient (Wildman–Crippen LogP) is 2.22. The van der Waals surface area contributed by atoms with Crippen molar-refractivity contribution in [3.05, 3.63) is 29.8 Å². The number of hydrogen-bond donors (Lipinski definition) is 1. The Balaban J connectivity index is 2.96. The van der Waals surface area contributed by atoms with Crippen molar-refractivity contribution in [1.29, 1.82) is 0 Å². The van der Waals surface area contributed by atoms with E-state index in [1.807, 2.05) is 19.1 Å². The molecule has 2 N–H and O–H groups in total. The number of hydrogen-bond acceptors (Lipinski definition) is 3. The molecule has 0 atom stereocenters. The third kappa shape index (κ3) is 3.23. The Morgan fingerprint density at radius 2 is 1.67 bits per heavy atom. The van der Waals surface area contributed by atoms with E-state index in [9.17, 15) is 8.42 Å². The Kier molecular flexibility index (Phi) is 4.40. The van der Waals surface area contributed by atoms with E-state index >= 15 is 0 Å². The van der Waals surface area contributed by atoms with Gasteiger partial charge in [-0.25, -0.2) is 8.42 Å². The van der Waals surface area contributed by atoms with Crippen LogP contribution >= 0.6 is 0 Å². The molecular formula is C13H22N2O2S. The van der Waals surface area contributed by atoms with Crippen LogP contribution in [0.5, 0.6) is 0 Å². The monoisotopic (exact) mass is 270 g/mol. The van der Waals surface area contributed by atoms with Gasteiger partial charge < -0.3 is 5.73 Å². The Morgan fingerprint density at radius 3 is 2.06 bits per heavy atom. The molecule has 0 aromatic heterocycles. The molecule has 102 valence electrons. The first-order chi connectivity index (χ1) is 8.18. The first-order valence-corrected chi connectivity index (χ1v) is 7.46. The normalized spacial score (nSPS) is 12.9. The van der Waals surface area contributed by atoms with E-state index < -0.39 is 14.8 Å². The molecule has 0 fully saturated rings. The second kappa shape index (κ2) is 5.28. The summed E-state index contributed by atoms with van der Waals surface area (Å²) in [6, 6.07) is 7.28. The van der Waals surface area contributed by atoms with E-state index in [0.717, 1.165) is 5.56 Å². The average molecular weight is 270 g/mol. The maximum Gasteiger partial charge on any atom is 0.219 e. The molecule has 0 spiro atoms. The fourth-order valence-corrected chi connectivity index (χ4v) is 3.01. The summed E-state index contributed by atoms with van der Waals surface area (Å²) in [5.41, 5.74) is 7.24. The van der Waals surface area contributed by atoms with Crippen LogP contribution in [0.4, 0.5) is 5.69 Å². The zero-order valence-corrected chi connectivity index (χ0v) is 12.3. The summed E-state index contributed by atoms with van der Waals surface area (Å²) in [6.45, 7) is 7.84. The number of nitrogens with zero attached hydrogens (tertiary/aromatic N) is 1. The molecule has 4 nitrogen and oxygen atoms in total. The molecule has 0 aliphatic carbocycles. The van der Waals surface area contributed by atoms with Crippen molar-refractivity contribution in [2.75, 3.05) is 12.3 Å². The van der Waals surface area contributed by atoms with Crippen LogP contribution in [0.15, 0.2) is 24.3 Å². The molecule has 0 heterocycles. The lowest BCUT2D eigenvalue weighted by Gasteiger charge is -2.29. The van der Waals surface area contributed by atoms with Crippen molar-refractivity contribution in [2.45, 2.75) is 39.0 Å². The highest BCUT2D eigenvalue weighted by atomic mass is 32.2. The Morgan fingerprint density at radius 1 is 1.17 bits per heavy atom. The van der Waals surface area contributed by atoms with Crippen molar-refractivity contribution < 1.29 is 8.42 Å². The maximum atomic E-state index is 12.4. The molecule has 0 saturated carbocycles. The number of sulfonamides is 1. The van der Waals surface area contributed by atoms with Gasteiger partial charge in [0.2, 0.25) is 10.0 Å². The summed E-state index contributed by atoms with van der Waals surface area (Å²) < 4.78 is 25.4. The highest BCUT2D eigenvalue weighted by Crippen LogP contribution is 2.22. The molecule has 0 bridgehead atoms. The van der Waals surface area contributed by atoms with Gasteiger partial charge in [-0.3, -0.25) is 0 Å². The van der Waals surface area contributed by atoms with Gasteiger partial charge in [-0.2, -0.15) is 4.31 Å². The van der Waals surface area contributed by atoms with Crippen LogP contribution in [0.3, 0.4) is 0 Å². The number of nitrogen functional groups attached to an aromatic ring is 1. The lowest BCUT2D eigenvalue weighted by Crippen LogP contribution is -2.42. The van der Waals surface area contributed by atoms with Crippen LogP contribution < -0.4 is 5.73 Å². The molecular weight excluding hydrogens is 248 g/mol. The molecule has 1 rings (SSSR count). The molecule has 0 aliphatic heterocycles. The molecule has 18 heavy (non-hydrogen) atoms. The van der Waals surface area contributed by atoms with Crippen LogP contribution in [0.1, 0.15) is 33.3 Å². The average Bonchev–Trinajstić information content (AvgIpc) is 2.26. The van der Waals surface area contributed by atoms with Crippen molar-refractivity contribution in [3.8, 4) is 0 Å². The number of nitrogens with two attached hydrogens (primary N) is 1. The Hall–Kier alpha value is -1.07. The second-order valence-electron chi connectivity index (χ2n) is 5.29. The third-order valence-corrected chi connectivity index (χ3v) is 5.42. The first kappa shape index (κ1) is 15.0. The molecule has 0 aliphatic rings. The van der Waals surface area contributed by atoms with Crippen LogP contribution in [0.2, 0.25) is 0 Å². The van der Waals surface area contributed by atoms with Gasteiger partial charge >= 0.3 is 0 Å². The highest BCUT2D eigenvalue weighted by molar-refractivity contribution is 7.90. The quantitative estimate of drug-likeness (QED) is 0.853. The van der Waals surface area contributed by atoms with E-state index in [1.165, 1.54) is 4.31 Å². The summed E-state index contributed by atoms with van der Waals surface area (Å²) in [5.74, 6) is 0. The largest absolute Gasteiger partial charge is 0.399 e. The highest BCUT2D eigenvalue weighted by Gasteiger charge is 2.34. The summed E-state index contributed by atoms with van der Waals surface area (Å²) in [5, 5.41) is 0. The first-order valence-electron chi connectivity index (χ1n) is 6.02. The van der Waals surface area contributed by atoms with Crippen LogP contribution in [0.25, 0.3) is 0 Å². The second-order valence-corrected chi connectivity index (χ2v) is 7.98. The standard InChI is InChI=1S/C13H22N2O2S/c1-5-15(18(16,17)13(2,3)4)10-11-6-8-12(14)9-7-11/h6-9H,5,10,14H2,1-4H3. The van der Waals surface area contributed by atoms with Gasteiger partial charge in [0.15, 0.2) is 0 Å². The summed E-state index contributed by atoms with van der Waals surface area (Å²) >= 11 is 0. The minimum atomic E-state index is -3.29. The zero-order valence-electron chi connectivity index (χ0n) is 11.5. The van der Waals surface area contributed by atoms with Gasteiger partial charge in [-0.1, -0.05) is 19.1 Å². The molecule has 0 radical (unpaired) electrons. The van der Waals surface area contributed by atoms with E-state index in [-0.39, 0.29) is 0 Å². The Labute approximate surface area is 110 Å². The van der Waals surface area contributed by atoms with Gasteiger partial charge in [-0.15, -0.1) is 0 Å². The molecule has 0 unspecified atom stereocenters. The SMILES string of the molecule is CCN(Cc1ccc(N)cc1)S(=O)(=O)C(C)(C)C. The fourth-order valence-electron chi connectivity index (χ4n) is 1.58. The van der Waals surface area contributed by atoms with Crippen molar-refractivity contribution in [3.63, 3.8) is 0 Å². The van der Waals surface area contributed by atoms with E-state index in [1.54, 1.807) is 32.9 Å². The van der Waals surface area contributed by atoms with Crippen molar-refractivity contribution in [1.82, 2.24) is 4.31 Å². The minimum Gasteiger partial charge on any atom is -0.399 e. The van der Waals surface area contributed by atoms with E-state index in [0.29, 0.717) is 18.8 Å². The molecule has 0 saturated heterocycles. The lowest BCUT2D eigenvalue weighted by molar-refractivity contribution is 0.404. The smallest absolute Gasteiger partial charge is 0.219 e. The number of benzene rings is 1. The molecule has 1 aromatic carbocycles. The van der Waals surface area contributed by atoms with E-state index in [4.69, 9.17) is 5.73 Å². The van der Waals surface area contributed by atoms with Crippen molar-refractivity contribution >= 4 is 15.7 Å². The van der Waals surface area contributed by atoms with Gasteiger partial charge in [0.1, 0.15) is 0 Å². The molecule has 5 heteroatoms. The third-order valence-electron chi connectivity index (χ3n) is 2.81. The predicted molar refractivity (Wildman–Crippen MR) is 75.6 cm³/mol. The van der Waals surface area contributed by atoms with Gasteiger partial charge in [-0.05, 0) is 38.5 Å². The summed E-state index contributed by atoms with van der Waals surface area (Å²) in [4.78, 5) is 0. The van der Waals surface area contributed by atoms with Crippen LogP contribution in [0, 0.1) is 0 Å². The number of anilines is 1. The fraction of sp³-hybridized carbons (Fsp3) is 0.538. The maximum absolute atomic E-state index is 12.4. The van der Waals surface area contributed by atoms with Gasteiger partial charge in [0.05, 0.1) is 4.75 Å². The number of rotatable bonds is 4. The van der Waals surface area contributed by atoms with Crippen LogP contribution in [-0.4, -0.2) is 24.0 Å². The van der Waals surface area contributed by atoms with Gasteiger partial charge in [0, 0.05) is 18.8 Å². The van der Waals surface area contributed by atoms with E-state index in [2.05, 4.69) is 0 Å². The van der Waals surface area contributed by atoms with Crippen molar-refractivity contribution in [2.24, 2.45) is 0 Å². The Bertz CT molecular complexity index is 487.